The molecule has 1 amide bonds. The van der Waals surface area contributed by atoms with Crippen LogP contribution in [0.2, 0.25) is 0 Å². The number of rotatable bonds is 4. The molecule has 0 fully saturated rings. The third kappa shape index (κ3) is 2.83. The number of nitrogens with one attached hydrogen (secondary N) is 1. The lowest BCUT2D eigenvalue weighted by Gasteiger charge is -2.05. The number of carbonyl (C=O) groups is 2. The lowest BCUT2D eigenvalue weighted by molar-refractivity contribution is -0.112. The zero-order chi connectivity index (χ0) is 17.3. The van der Waals surface area contributed by atoms with E-state index in [4.69, 9.17) is 0 Å². The number of Topliss-reactive ketones (excluding diaryl/α,β-unsaturated/α-hetero) is 1. The molecule has 0 unspecified atom stereocenters. The van der Waals surface area contributed by atoms with Crippen molar-refractivity contribution in [3.05, 3.63) is 59.5 Å². The van der Waals surface area contributed by atoms with Crippen molar-refractivity contribution in [3.63, 3.8) is 0 Å². The molecule has 122 valence electrons. The van der Waals surface area contributed by atoms with Crippen molar-refractivity contribution in [3.8, 4) is 5.69 Å². The fourth-order valence-corrected chi connectivity index (χ4v) is 2.56. The molecule has 2 aromatic heterocycles. The van der Waals surface area contributed by atoms with Crippen LogP contribution in [-0.4, -0.2) is 31.3 Å². The molecule has 7 heteroatoms. The maximum absolute atomic E-state index is 12.5. The van der Waals surface area contributed by atoms with E-state index in [1.807, 2.05) is 30.3 Å². The molecule has 0 saturated heterocycles. The van der Waals surface area contributed by atoms with Gasteiger partial charge in [0.15, 0.2) is 5.82 Å². The first-order valence-corrected chi connectivity index (χ1v) is 7.44. The summed E-state index contributed by atoms with van der Waals surface area (Å²) in [6, 6.07) is 11.1. The molecule has 3 aromatic rings. The van der Waals surface area contributed by atoms with Gasteiger partial charge < -0.3 is 5.32 Å². The third-order valence-electron chi connectivity index (χ3n) is 3.68. The highest BCUT2D eigenvalue weighted by Crippen LogP contribution is 2.19. The number of nitrogens with zero attached hydrogens (tertiary/aromatic N) is 4. The normalized spacial score (nSPS) is 10.6. The monoisotopic (exact) mass is 323 g/mol. The number of ketones is 1. The fourth-order valence-electron chi connectivity index (χ4n) is 2.56. The van der Waals surface area contributed by atoms with E-state index in [9.17, 15) is 9.59 Å². The van der Waals surface area contributed by atoms with Crippen molar-refractivity contribution in [2.24, 2.45) is 7.05 Å². The molecule has 1 N–H and O–H groups in total. The van der Waals surface area contributed by atoms with Crippen LogP contribution in [0.4, 0.5) is 5.82 Å². The van der Waals surface area contributed by atoms with Crippen LogP contribution in [0.1, 0.15) is 21.7 Å². The first kappa shape index (κ1) is 15.7. The highest BCUT2D eigenvalue weighted by Gasteiger charge is 2.25. The van der Waals surface area contributed by atoms with Gasteiger partial charge in [-0.2, -0.15) is 10.2 Å². The maximum Gasteiger partial charge on any atom is 0.298 e. The maximum atomic E-state index is 12.5. The van der Waals surface area contributed by atoms with E-state index >= 15 is 0 Å². The summed E-state index contributed by atoms with van der Waals surface area (Å²) in [5, 5.41) is 10.9. The Bertz CT molecular complexity index is 908. The Morgan fingerprint density at radius 2 is 1.75 bits per heavy atom. The highest BCUT2D eigenvalue weighted by atomic mass is 16.2. The Labute approximate surface area is 138 Å². The smallest absolute Gasteiger partial charge is 0.298 e. The fraction of sp³-hybridized carbons (Fsp3) is 0.176. The molecule has 0 atom stereocenters. The number of amides is 1. The van der Waals surface area contributed by atoms with Gasteiger partial charge in [-0.25, -0.2) is 4.68 Å². The number of aromatic nitrogens is 4. The van der Waals surface area contributed by atoms with Crippen molar-refractivity contribution < 1.29 is 9.59 Å². The third-order valence-corrected chi connectivity index (χ3v) is 3.68. The van der Waals surface area contributed by atoms with Gasteiger partial charge in [0.2, 0.25) is 0 Å². The topological polar surface area (TPSA) is 81.8 Å². The predicted molar refractivity (Wildman–Crippen MR) is 89.2 cm³/mol. The summed E-state index contributed by atoms with van der Waals surface area (Å²) in [6.45, 7) is 3.49. The van der Waals surface area contributed by atoms with Crippen LogP contribution < -0.4 is 5.32 Å². The van der Waals surface area contributed by atoms with Gasteiger partial charge in [-0.05, 0) is 26.0 Å². The van der Waals surface area contributed by atoms with Crippen molar-refractivity contribution in [1.82, 2.24) is 19.6 Å². The minimum atomic E-state index is -0.729. The summed E-state index contributed by atoms with van der Waals surface area (Å²) in [7, 11) is 1.73. The Kier molecular flexibility index (Phi) is 3.99. The Morgan fingerprint density at radius 3 is 2.38 bits per heavy atom. The second kappa shape index (κ2) is 6.11. The second-order valence-electron chi connectivity index (χ2n) is 5.45. The summed E-state index contributed by atoms with van der Waals surface area (Å²) in [5.41, 5.74) is 2.28. The summed E-state index contributed by atoms with van der Waals surface area (Å²) in [5.74, 6) is -1.02. The van der Waals surface area contributed by atoms with Gasteiger partial charge in [-0.3, -0.25) is 14.3 Å². The number of benzene rings is 1. The first-order valence-electron chi connectivity index (χ1n) is 7.44. The average Bonchev–Trinajstić information content (AvgIpc) is 3.10. The van der Waals surface area contributed by atoms with Crippen LogP contribution in [-0.2, 0) is 11.8 Å². The lowest BCUT2D eigenvalue weighted by atomic mass is 10.1. The van der Waals surface area contributed by atoms with E-state index in [0.29, 0.717) is 22.8 Å². The van der Waals surface area contributed by atoms with Crippen molar-refractivity contribution >= 4 is 17.5 Å². The number of hydrogen-bond donors (Lipinski definition) is 1. The molecule has 2 heterocycles. The van der Waals surface area contributed by atoms with E-state index in [1.165, 1.54) is 0 Å². The van der Waals surface area contributed by atoms with Crippen LogP contribution >= 0.6 is 0 Å². The minimum Gasteiger partial charge on any atom is -0.302 e. The van der Waals surface area contributed by atoms with E-state index in [1.54, 1.807) is 42.5 Å². The molecule has 0 spiro atoms. The van der Waals surface area contributed by atoms with Crippen LogP contribution in [0.5, 0.6) is 0 Å². The zero-order valence-corrected chi connectivity index (χ0v) is 13.6. The molecule has 1 aromatic carbocycles. The summed E-state index contributed by atoms with van der Waals surface area (Å²) < 4.78 is 3.21. The van der Waals surface area contributed by atoms with Gasteiger partial charge >= 0.3 is 0 Å². The summed E-state index contributed by atoms with van der Waals surface area (Å²) in [6.07, 6.45) is 1.68. The first-order chi connectivity index (χ1) is 11.5. The molecule has 0 aliphatic heterocycles. The number of para-hydroxylation sites is 1. The number of hydrogen-bond acceptors (Lipinski definition) is 4. The number of carbonyl (C=O) groups excluding carboxylic acids is 2. The molecule has 0 saturated carbocycles. The lowest BCUT2D eigenvalue weighted by Crippen LogP contribution is -2.24. The Hall–Kier alpha value is -3.22. The number of anilines is 1. The minimum absolute atomic E-state index is 0.312. The zero-order valence-electron chi connectivity index (χ0n) is 13.6. The molecular weight excluding hydrogens is 306 g/mol. The van der Waals surface area contributed by atoms with Crippen LogP contribution in [0, 0.1) is 13.8 Å². The van der Waals surface area contributed by atoms with Crippen molar-refractivity contribution in [2.75, 3.05) is 5.32 Å². The highest BCUT2D eigenvalue weighted by molar-refractivity contribution is 6.47. The molecule has 7 nitrogen and oxygen atoms in total. The van der Waals surface area contributed by atoms with Gasteiger partial charge in [0, 0.05) is 19.3 Å². The SMILES string of the molecule is Cc1nn(-c2ccccc2)c(C)c1C(=O)C(=O)Nc1ccn(C)n1. The number of aryl methyl sites for hydroxylation is 2. The Balaban J connectivity index is 1.90. The van der Waals surface area contributed by atoms with E-state index in [0.717, 1.165) is 5.69 Å². The van der Waals surface area contributed by atoms with Gasteiger partial charge in [-0.15, -0.1) is 0 Å². The molecule has 0 aliphatic rings. The molecule has 0 bridgehead atoms. The molecule has 0 radical (unpaired) electrons. The molecule has 0 aliphatic carbocycles. The standard InChI is InChI=1S/C17H17N5O2/c1-11-15(12(2)22(19-11)13-7-5-4-6-8-13)16(23)17(24)18-14-9-10-21(3)20-14/h4-10H,1-3H3,(H,18,20,24). The van der Waals surface area contributed by atoms with E-state index < -0.39 is 11.7 Å². The summed E-state index contributed by atoms with van der Waals surface area (Å²) >= 11 is 0. The molecule has 3 rings (SSSR count). The van der Waals surface area contributed by atoms with Crippen molar-refractivity contribution in [1.29, 1.82) is 0 Å². The Morgan fingerprint density at radius 1 is 1.04 bits per heavy atom. The molecule has 24 heavy (non-hydrogen) atoms. The summed E-state index contributed by atoms with van der Waals surface area (Å²) in [4.78, 5) is 24.8. The van der Waals surface area contributed by atoms with Gasteiger partial charge in [0.25, 0.3) is 11.7 Å². The van der Waals surface area contributed by atoms with Gasteiger partial charge in [0.05, 0.1) is 22.6 Å². The van der Waals surface area contributed by atoms with E-state index in [2.05, 4.69) is 15.5 Å². The average molecular weight is 323 g/mol. The quantitative estimate of drug-likeness (QED) is 0.588. The van der Waals surface area contributed by atoms with Crippen LogP contribution in [0.15, 0.2) is 42.6 Å². The van der Waals surface area contributed by atoms with Gasteiger partial charge in [-0.1, -0.05) is 18.2 Å². The van der Waals surface area contributed by atoms with E-state index in [-0.39, 0.29) is 0 Å². The molecular formula is C17H17N5O2. The van der Waals surface area contributed by atoms with Crippen LogP contribution in [0.3, 0.4) is 0 Å². The van der Waals surface area contributed by atoms with Gasteiger partial charge in [0.1, 0.15) is 0 Å². The van der Waals surface area contributed by atoms with Crippen molar-refractivity contribution in [2.45, 2.75) is 13.8 Å². The second-order valence-corrected chi connectivity index (χ2v) is 5.45. The predicted octanol–water partition coefficient (Wildman–Crippen LogP) is 2.04. The van der Waals surface area contributed by atoms with Crippen LogP contribution in [0.25, 0.3) is 5.69 Å². The largest absolute Gasteiger partial charge is 0.302 e.